The lowest BCUT2D eigenvalue weighted by Gasteiger charge is -2.15. The second kappa shape index (κ2) is 26.6. The van der Waals surface area contributed by atoms with E-state index in [0.29, 0.717) is 50.3 Å². The Hall–Kier alpha value is -5.22. The number of nitrogens with one attached hydrogen (secondary N) is 2. The first-order valence-electron chi connectivity index (χ1n) is 16.3. The SMILES string of the molecule is COc1ccccc1OCCNCC(O)COc1cccc2[nH]c3ccccc3c12.CS(=O)(=O)O.Cl.O=C(O)C(O)C(O)C(=O)O.O=C(O)CCCCC(=O)O. The molecule has 0 saturated heterocycles. The molecule has 4 rings (SSSR count). The molecule has 0 aliphatic heterocycles. The summed E-state index contributed by atoms with van der Waals surface area (Å²) in [5.74, 6) is -3.10. The minimum Gasteiger partial charge on any atom is -0.493 e. The van der Waals surface area contributed by atoms with E-state index >= 15 is 0 Å². The molecule has 21 heteroatoms. The predicted octanol–water partition coefficient (Wildman–Crippen LogP) is 2.26. The molecule has 0 spiro atoms. The van der Waals surface area contributed by atoms with Gasteiger partial charge in [-0.25, -0.2) is 9.59 Å². The highest BCUT2D eigenvalue weighted by atomic mass is 35.5. The number of hydrogen-bond donors (Lipinski definition) is 10. The van der Waals surface area contributed by atoms with E-state index in [9.17, 15) is 32.7 Å². The third-order valence-corrected chi connectivity index (χ3v) is 6.75. The van der Waals surface area contributed by atoms with Crippen molar-refractivity contribution in [2.45, 2.75) is 44.0 Å². The Bertz CT molecular complexity index is 1880. The Balaban J connectivity index is 0.000000956. The van der Waals surface area contributed by atoms with E-state index in [1.54, 1.807) is 7.11 Å². The molecular weight excluding hydrogens is 788 g/mol. The summed E-state index contributed by atoms with van der Waals surface area (Å²) in [6, 6.07) is 21.6. The van der Waals surface area contributed by atoms with Crippen molar-refractivity contribution in [3.63, 3.8) is 0 Å². The highest BCUT2D eigenvalue weighted by molar-refractivity contribution is 7.85. The van der Waals surface area contributed by atoms with Crippen LogP contribution >= 0.6 is 12.4 Å². The smallest absolute Gasteiger partial charge is 0.335 e. The van der Waals surface area contributed by atoms with Crippen molar-refractivity contribution >= 4 is 68.2 Å². The van der Waals surface area contributed by atoms with Crippen LogP contribution in [0.5, 0.6) is 17.2 Å². The lowest BCUT2D eigenvalue weighted by molar-refractivity contribution is -0.165. The van der Waals surface area contributed by atoms with Gasteiger partial charge in [0.2, 0.25) is 0 Å². The van der Waals surface area contributed by atoms with Gasteiger partial charge in [0.1, 0.15) is 25.1 Å². The van der Waals surface area contributed by atoms with Crippen LogP contribution in [-0.4, -0.2) is 136 Å². The van der Waals surface area contributed by atoms with Crippen molar-refractivity contribution in [3.8, 4) is 17.2 Å². The molecule has 0 radical (unpaired) electrons. The summed E-state index contributed by atoms with van der Waals surface area (Å²) in [4.78, 5) is 42.7. The molecule has 19 nitrogen and oxygen atoms in total. The zero-order valence-corrected chi connectivity index (χ0v) is 31.9. The second-order valence-corrected chi connectivity index (χ2v) is 12.8. The number of aromatic amines is 1. The van der Waals surface area contributed by atoms with E-state index in [2.05, 4.69) is 16.4 Å². The number of ether oxygens (including phenoxy) is 3. The molecule has 312 valence electrons. The van der Waals surface area contributed by atoms with E-state index in [1.165, 1.54) is 0 Å². The summed E-state index contributed by atoms with van der Waals surface area (Å²) in [5.41, 5.74) is 2.09. The quantitative estimate of drug-likeness (QED) is 0.0507. The summed E-state index contributed by atoms with van der Waals surface area (Å²) in [6.07, 6.45) is -3.43. The third kappa shape index (κ3) is 21.0. The number of H-pyrrole nitrogens is 1. The maximum absolute atomic E-state index is 10.3. The molecule has 56 heavy (non-hydrogen) atoms. The lowest BCUT2D eigenvalue weighted by atomic mass is 10.1. The lowest BCUT2D eigenvalue weighted by Crippen LogP contribution is -2.39. The van der Waals surface area contributed by atoms with Gasteiger partial charge in [-0.2, -0.15) is 8.42 Å². The number of fused-ring (bicyclic) bond motifs is 3. The predicted molar refractivity (Wildman–Crippen MR) is 204 cm³/mol. The molecule has 0 bridgehead atoms. The number of methoxy groups -OCH3 is 1. The number of unbranched alkanes of at least 4 members (excludes halogenated alkanes) is 1. The van der Waals surface area contributed by atoms with Crippen LogP contribution in [0.25, 0.3) is 21.8 Å². The summed E-state index contributed by atoms with van der Waals surface area (Å²) < 4.78 is 42.8. The van der Waals surface area contributed by atoms with Gasteiger partial charge in [-0.05, 0) is 43.2 Å². The number of benzene rings is 3. The molecule has 0 saturated carbocycles. The normalized spacial score (nSPS) is 12.0. The minimum absolute atomic E-state index is 0. The number of aliphatic hydroxyl groups is 3. The summed E-state index contributed by atoms with van der Waals surface area (Å²) in [6.45, 7) is 1.70. The van der Waals surface area contributed by atoms with Gasteiger partial charge in [0.15, 0.2) is 23.7 Å². The molecular formula is C35H47ClN2O17S. The number of carboxylic acids is 4. The number of halogens is 1. The van der Waals surface area contributed by atoms with Gasteiger partial charge < -0.3 is 60.3 Å². The molecule has 3 aromatic carbocycles. The second-order valence-electron chi connectivity index (χ2n) is 11.3. The molecule has 0 aliphatic rings. The van der Waals surface area contributed by atoms with Crippen molar-refractivity contribution in [1.29, 1.82) is 0 Å². The average molecular weight is 835 g/mol. The van der Waals surface area contributed by atoms with Gasteiger partial charge in [-0.3, -0.25) is 14.1 Å². The van der Waals surface area contributed by atoms with Crippen LogP contribution in [0.15, 0.2) is 66.7 Å². The number of aliphatic hydroxyl groups excluding tert-OH is 3. The summed E-state index contributed by atoms with van der Waals surface area (Å²) in [7, 11) is -2.05. The van der Waals surface area contributed by atoms with Crippen molar-refractivity contribution in [3.05, 3.63) is 66.7 Å². The Morgan fingerprint density at radius 2 is 1.21 bits per heavy atom. The first-order valence-corrected chi connectivity index (χ1v) is 18.1. The first kappa shape index (κ1) is 50.8. The number of aliphatic carboxylic acids is 4. The number of aromatic nitrogens is 1. The Labute approximate surface area is 327 Å². The molecule has 0 aliphatic carbocycles. The number of carboxylic acid groups (broad SMARTS) is 4. The Kier molecular flexibility index (Phi) is 24.1. The number of carbonyl (C=O) groups is 4. The van der Waals surface area contributed by atoms with E-state index in [1.807, 2.05) is 60.7 Å². The van der Waals surface area contributed by atoms with Crippen molar-refractivity contribution < 1.29 is 82.1 Å². The standard InChI is InChI=1S/C24H26N2O4.C6H10O4.C4H6O6.CH4O3S.ClH/c1-28-21-10-4-5-11-22(21)29-14-13-25-15-17(27)16-30-23-12-6-9-20-24(23)18-7-2-3-8-19(18)26-20;7-5(8)3-1-2-4-6(9)10;5-1(3(7)8)2(6)4(9)10;1-5(2,3)4;/h2-12,17,25-27H,13-16H2,1H3;1-4H2,(H,7,8)(H,9,10);1-2,5-6H,(H,7,8)(H,9,10);1H3,(H,2,3,4);1H. The van der Waals surface area contributed by atoms with Gasteiger partial charge in [0, 0.05) is 42.2 Å². The van der Waals surface area contributed by atoms with Crippen LogP contribution in [0.4, 0.5) is 0 Å². The average Bonchev–Trinajstić information content (AvgIpc) is 3.51. The van der Waals surface area contributed by atoms with Crippen LogP contribution in [0, 0.1) is 0 Å². The molecule has 10 N–H and O–H groups in total. The van der Waals surface area contributed by atoms with Crippen molar-refractivity contribution in [2.75, 3.05) is 39.7 Å². The molecule has 3 unspecified atom stereocenters. The highest BCUT2D eigenvalue weighted by Crippen LogP contribution is 2.33. The van der Waals surface area contributed by atoms with Gasteiger partial charge in [0.25, 0.3) is 10.1 Å². The van der Waals surface area contributed by atoms with Crippen LogP contribution in [0.3, 0.4) is 0 Å². The Morgan fingerprint density at radius 3 is 1.73 bits per heavy atom. The van der Waals surface area contributed by atoms with Crippen LogP contribution in [0.2, 0.25) is 0 Å². The van der Waals surface area contributed by atoms with Crippen LogP contribution < -0.4 is 19.5 Å². The Morgan fingerprint density at radius 1 is 0.732 bits per heavy atom. The van der Waals surface area contributed by atoms with Crippen molar-refractivity contribution in [1.82, 2.24) is 10.3 Å². The fourth-order valence-corrected chi connectivity index (χ4v) is 4.30. The number of rotatable bonds is 18. The number of para-hydroxylation sites is 3. The monoisotopic (exact) mass is 834 g/mol. The molecule has 0 amide bonds. The molecule has 3 atom stereocenters. The number of hydrogen-bond acceptors (Lipinski definition) is 13. The molecule has 1 heterocycles. The van der Waals surface area contributed by atoms with Gasteiger partial charge in [-0.1, -0.05) is 36.4 Å². The van der Waals surface area contributed by atoms with Crippen molar-refractivity contribution in [2.24, 2.45) is 0 Å². The van der Waals surface area contributed by atoms with Crippen LogP contribution in [-0.2, 0) is 29.3 Å². The maximum Gasteiger partial charge on any atom is 0.335 e. The maximum atomic E-state index is 10.3. The van der Waals surface area contributed by atoms with Crippen LogP contribution in [0.1, 0.15) is 25.7 Å². The van der Waals surface area contributed by atoms with E-state index in [-0.39, 0.29) is 31.9 Å². The first-order chi connectivity index (χ1) is 25.8. The zero-order chi connectivity index (χ0) is 41.6. The summed E-state index contributed by atoms with van der Waals surface area (Å²) >= 11 is 0. The largest absolute Gasteiger partial charge is 0.493 e. The zero-order valence-electron chi connectivity index (χ0n) is 30.3. The molecule has 4 aromatic rings. The minimum atomic E-state index is -3.67. The van der Waals surface area contributed by atoms with Gasteiger partial charge in [0.05, 0.1) is 18.9 Å². The topological polar surface area (TPSA) is 320 Å². The highest BCUT2D eigenvalue weighted by Gasteiger charge is 2.29. The van der Waals surface area contributed by atoms with Gasteiger partial charge >= 0.3 is 23.9 Å². The van der Waals surface area contributed by atoms with E-state index < -0.39 is 52.3 Å². The molecule has 0 fully saturated rings. The third-order valence-electron chi connectivity index (χ3n) is 6.75. The fourth-order valence-electron chi connectivity index (χ4n) is 4.30. The van der Waals surface area contributed by atoms with E-state index in [0.717, 1.165) is 27.6 Å². The summed E-state index contributed by atoms with van der Waals surface area (Å²) in [5, 5.41) is 64.4. The van der Waals surface area contributed by atoms with E-state index in [4.69, 9.17) is 49.4 Å². The van der Waals surface area contributed by atoms with Gasteiger partial charge in [-0.15, -0.1) is 12.4 Å². The fraction of sp³-hybridized carbons (Fsp3) is 0.371. The molecule has 1 aromatic heterocycles.